The molecule has 0 saturated carbocycles. The Bertz CT molecular complexity index is 937. The van der Waals surface area contributed by atoms with Gasteiger partial charge in [0.25, 0.3) is 5.89 Å². The standard InChI is InChI=1S/C15H12ClN3O3S/c1-23(20,21)19-13-4-2-3-11(9-13)15-17-14(18-22-15)10-5-7-12(16)8-6-10/h2-9,19H,1H3. The van der Waals surface area contributed by atoms with Gasteiger partial charge in [0.2, 0.25) is 15.8 Å². The Morgan fingerprint density at radius 1 is 1.09 bits per heavy atom. The second kappa shape index (κ2) is 6.02. The number of halogens is 1. The van der Waals surface area contributed by atoms with Crippen molar-refractivity contribution in [2.45, 2.75) is 0 Å². The van der Waals surface area contributed by atoms with Crippen molar-refractivity contribution in [1.29, 1.82) is 0 Å². The van der Waals surface area contributed by atoms with Crippen LogP contribution >= 0.6 is 11.6 Å². The molecule has 0 spiro atoms. The zero-order valence-corrected chi connectivity index (χ0v) is 13.6. The van der Waals surface area contributed by atoms with Gasteiger partial charge in [-0.05, 0) is 42.5 Å². The molecule has 3 rings (SSSR count). The lowest BCUT2D eigenvalue weighted by molar-refractivity contribution is 0.432. The minimum Gasteiger partial charge on any atom is -0.334 e. The van der Waals surface area contributed by atoms with Crippen molar-refractivity contribution in [2.24, 2.45) is 0 Å². The van der Waals surface area contributed by atoms with Crippen LogP contribution in [0.25, 0.3) is 22.8 Å². The van der Waals surface area contributed by atoms with Crippen LogP contribution < -0.4 is 4.72 Å². The molecule has 0 saturated heterocycles. The molecule has 23 heavy (non-hydrogen) atoms. The van der Waals surface area contributed by atoms with E-state index in [1.807, 2.05) is 0 Å². The highest BCUT2D eigenvalue weighted by atomic mass is 35.5. The summed E-state index contributed by atoms with van der Waals surface area (Å²) in [6.07, 6.45) is 1.09. The molecule has 8 heteroatoms. The molecule has 0 atom stereocenters. The van der Waals surface area contributed by atoms with Gasteiger partial charge in [-0.2, -0.15) is 4.98 Å². The van der Waals surface area contributed by atoms with Gasteiger partial charge in [-0.3, -0.25) is 4.72 Å². The Morgan fingerprint density at radius 2 is 1.83 bits per heavy atom. The third-order valence-electron chi connectivity index (χ3n) is 2.94. The van der Waals surface area contributed by atoms with Crippen molar-refractivity contribution < 1.29 is 12.9 Å². The van der Waals surface area contributed by atoms with E-state index < -0.39 is 10.0 Å². The number of benzene rings is 2. The molecule has 0 unspecified atom stereocenters. The first kappa shape index (κ1) is 15.5. The van der Waals surface area contributed by atoms with Gasteiger partial charge >= 0.3 is 0 Å². The van der Waals surface area contributed by atoms with Gasteiger partial charge in [0.1, 0.15) is 0 Å². The van der Waals surface area contributed by atoms with E-state index in [4.69, 9.17) is 16.1 Å². The lowest BCUT2D eigenvalue weighted by Gasteiger charge is -2.04. The number of hydrogen-bond acceptors (Lipinski definition) is 5. The normalized spacial score (nSPS) is 11.4. The van der Waals surface area contributed by atoms with Crippen LogP contribution in [0.5, 0.6) is 0 Å². The fraction of sp³-hybridized carbons (Fsp3) is 0.0667. The summed E-state index contributed by atoms with van der Waals surface area (Å²) in [5.74, 6) is 0.727. The quantitative estimate of drug-likeness (QED) is 0.780. The zero-order valence-electron chi connectivity index (χ0n) is 12.0. The molecule has 2 aromatic carbocycles. The van der Waals surface area contributed by atoms with Crippen molar-refractivity contribution in [3.8, 4) is 22.8 Å². The van der Waals surface area contributed by atoms with Crippen molar-refractivity contribution in [2.75, 3.05) is 11.0 Å². The fourth-order valence-electron chi connectivity index (χ4n) is 1.99. The maximum atomic E-state index is 11.3. The van der Waals surface area contributed by atoms with Gasteiger partial charge in [-0.1, -0.05) is 22.8 Å². The van der Waals surface area contributed by atoms with Crippen molar-refractivity contribution in [3.63, 3.8) is 0 Å². The molecule has 1 N–H and O–H groups in total. The summed E-state index contributed by atoms with van der Waals surface area (Å²) < 4.78 is 30.2. The van der Waals surface area contributed by atoms with Crippen LogP contribution in [0.4, 0.5) is 5.69 Å². The fourth-order valence-corrected chi connectivity index (χ4v) is 2.67. The first-order valence-corrected chi connectivity index (χ1v) is 8.85. The second-order valence-electron chi connectivity index (χ2n) is 4.89. The summed E-state index contributed by atoms with van der Waals surface area (Å²) in [7, 11) is -3.35. The van der Waals surface area contributed by atoms with E-state index in [-0.39, 0.29) is 0 Å². The van der Waals surface area contributed by atoms with Crippen molar-refractivity contribution in [1.82, 2.24) is 10.1 Å². The van der Waals surface area contributed by atoms with Crippen LogP contribution in [0.1, 0.15) is 0 Å². The average molecular weight is 350 g/mol. The van der Waals surface area contributed by atoms with Crippen LogP contribution in [0.2, 0.25) is 5.02 Å². The van der Waals surface area contributed by atoms with Gasteiger partial charge in [-0.25, -0.2) is 8.42 Å². The highest BCUT2D eigenvalue weighted by Crippen LogP contribution is 2.25. The number of nitrogens with zero attached hydrogens (tertiary/aromatic N) is 2. The van der Waals surface area contributed by atoms with Gasteiger partial charge in [-0.15, -0.1) is 0 Å². The van der Waals surface area contributed by atoms with Gasteiger partial charge in [0.05, 0.1) is 6.26 Å². The molecular formula is C15H12ClN3O3S. The van der Waals surface area contributed by atoms with E-state index in [1.54, 1.807) is 48.5 Å². The third kappa shape index (κ3) is 3.88. The topological polar surface area (TPSA) is 85.1 Å². The summed E-state index contributed by atoms with van der Waals surface area (Å²) in [4.78, 5) is 4.32. The van der Waals surface area contributed by atoms with Crippen LogP contribution in [0.3, 0.4) is 0 Å². The SMILES string of the molecule is CS(=O)(=O)Nc1cccc(-c2nc(-c3ccc(Cl)cc3)no2)c1. The van der Waals surface area contributed by atoms with E-state index in [0.717, 1.165) is 11.8 Å². The molecule has 1 aromatic heterocycles. The third-order valence-corrected chi connectivity index (χ3v) is 3.80. The number of anilines is 1. The molecule has 6 nitrogen and oxygen atoms in total. The Hall–Kier alpha value is -2.38. The molecule has 0 fully saturated rings. The Kier molecular flexibility index (Phi) is 4.06. The predicted molar refractivity (Wildman–Crippen MR) is 88.6 cm³/mol. The summed E-state index contributed by atoms with van der Waals surface area (Å²) in [6, 6.07) is 13.8. The second-order valence-corrected chi connectivity index (χ2v) is 7.07. The Balaban J connectivity index is 1.91. The van der Waals surface area contributed by atoms with Crippen molar-refractivity contribution >= 4 is 27.3 Å². The zero-order chi connectivity index (χ0) is 16.4. The van der Waals surface area contributed by atoms with E-state index >= 15 is 0 Å². The smallest absolute Gasteiger partial charge is 0.258 e. The van der Waals surface area contributed by atoms with E-state index in [0.29, 0.717) is 28.0 Å². The minimum atomic E-state index is -3.35. The summed E-state index contributed by atoms with van der Waals surface area (Å²) in [5.41, 5.74) is 1.82. The summed E-state index contributed by atoms with van der Waals surface area (Å²) in [5, 5.41) is 4.55. The molecule has 1 heterocycles. The molecule has 0 bridgehead atoms. The number of hydrogen-bond donors (Lipinski definition) is 1. The molecule has 0 amide bonds. The molecule has 0 aliphatic rings. The molecule has 118 valence electrons. The van der Waals surface area contributed by atoms with Gasteiger partial charge < -0.3 is 4.52 Å². The summed E-state index contributed by atoms with van der Waals surface area (Å²) in [6.45, 7) is 0. The summed E-state index contributed by atoms with van der Waals surface area (Å²) >= 11 is 5.85. The maximum absolute atomic E-state index is 11.3. The highest BCUT2D eigenvalue weighted by Gasteiger charge is 2.12. The molecule has 0 aliphatic heterocycles. The highest BCUT2D eigenvalue weighted by molar-refractivity contribution is 7.92. The lowest BCUT2D eigenvalue weighted by Crippen LogP contribution is -2.09. The van der Waals surface area contributed by atoms with Gasteiger partial charge in [0, 0.05) is 21.8 Å². The molecule has 0 radical (unpaired) electrons. The Labute approximate surface area is 138 Å². The van der Waals surface area contributed by atoms with E-state index in [9.17, 15) is 8.42 Å². The minimum absolute atomic E-state index is 0.298. The number of rotatable bonds is 4. The number of sulfonamides is 1. The first-order chi connectivity index (χ1) is 10.9. The largest absolute Gasteiger partial charge is 0.334 e. The molecule has 3 aromatic rings. The molecule has 0 aliphatic carbocycles. The van der Waals surface area contributed by atoms with Crippen molar-refractivity contribution in [3.05, 3.63) is 53.6 Å². The molecular weight excluding hydrogens is 338 g/mol. The monoisotopic (exact) mass is 349 g/mol. The lowest BCUT2D eigenvalue weighted by atomic mass is 10.2. The Morgan fingerprint density at radius 3 is 2.52 bits per heavy atom. The van der Waals surface area contributed by atoms with E-state index in [2.05, 4.69) is 14.9 Å². The number of nitrogens with one attached hydrogen (secondary N) is 1. The van der Waals surface area contributed by atoms with Gasteiger partial charge in [0.15, 0.2) is 0 Å². The maximum Gasteiger partial charge on any atom is 0.258 e. The van der Waals surface area contributed by atoms with Crippen LogP contribution in [-0.4, -0.2) is 24.8 Å². The first-order valence-electron chi connectivity index (χ1n) is 6.58. The average Bonchev–Trinajstić information content (AvgIpc) is 2.96. The van der Waals surface area contributed by atoms with Crippen LogP contribution in [0.15, 0.2) is 53.1 Å². The number of aromatic nitrogens is 2. The van der Waals surface area contributed by atoms with Crippen LogP contribution in [-0.2, 0) is 10.0 Å². The predicted octanol–water partition coefficient (Wildman–Crippen LogP) is 3.43. The van der Waals surface area contributed by atoms with Crippen LogP contribution in [0, 0.1) is 0 Å². The van der Waals surface area contributed by atoms with E-state index in [1.165, 1.54) is 0 Å².